The smallest absolute Gasteiger partial charge is 0.184 e. The molecule has 0 saturated heterocycles. The van der Waals surface area contributed by atoms with Gasteiger partial charge in [0.2, 0.25) is 0 Å². The maximum atomic E-state index is 13.7. The lowest BCUT2D eigenvalue weighted by atomic mass is 10.2. The summed E-state index contributed by atoms with van der Waals surface area (Å²) in [5.74, 6) is -0.395. The number of hydrogen-bond acceptors (Lipinski definition) is 2. The molecule has 2 rings (SSSR count). The molecule has 0 N–H and O–H groups in total. The van der Waals surface area contributed by atoms with Crippen molar-refractivity contribution < 1.29 is 9.13 Å². The van der Waals surface area contributed by atoms with Gasteiger partial charge in [0, 0.05) is 4.47 Å². The lowest BCUT2D eigenvalue weighted by Crippen LogP contribution is -1.91. The number of halogens is 3. The number of rotatable bonds is 2. The highest BCUT2D eigenvalue weighted by atomic mass is 79.9. The Balaban J connectivity index is 2.43. The maximum absolute atomic E-state index is 13.7. The molecule has 0 heterocycles. The van der Waals surface area contributed by atoms with Crippen molar-refractivity contribution in [1.82, 2.24) is 0 Å². The van der Waals surface area contributed by atoms with Crippen LogP contribution < -0.4 is 4.74 Å². The summed E-state index contributed by atoms with van der Waals surface area (Å²) >= 11 is 8.92. The van der Waals surface area contributed by atoms with Crippen LogP contribution in [0.1, 0.15) is 5.56 Å². The first kappa shape index (κ1) is 12.9. The largest absolute Gasteiger partial charge is 0.453 e. The van der Waals surface area contributed by atoms with E-state index in [1.165, 1.54) is 12.1 Å². The first-order chi connectivity index (χ1) is 8.61. The Morgan fingerprint density at radius 2 is 2.00 bits per heavy atom. The molecule has 2 aromatic rings. The molecule has 0 radical (unpaired) electrons. The van der Waals surface area contributed by atoms with Crippen LogP contribution in [0.4, 0.5) is 4.39 Å². The predicted octanol–water partition coefficient (Wildman–Crippen LogP) is 4.91. The molecule has 0 fully saturated rings. The van der Waals surface area contributed by atoms with Crippen LogP contribution in [0.5, 0.6) is 11.5 Å². The number of hydrogen-bond donors (Lipinski definition) is 0. The van der Waals surface area contributed by atoms with Crippen LogP contribution in [0.15, 0.2) is 40.9 Å². The average molecular weight is 327 g/mol. The van der Waals surface area contributed by atoms with Gasteiger partial charge >= 0.3 is 0 Å². The fraction of sp³-hybridized carbons (Fsp3) is 0. The summed E-state index contributed by atoms with van der Waals surface area (Å²) in [6.07, 6.45) is 0. The standard InChI is InChI=1S/C13H6BrClFNO/c14-9-5-4-8(7-17)12(6-9)18-11-3-1-2-10(15)13(11)16/h1-6H. The van der Waals surface area contributed by atoms with Crippen molar-refractivity contribution in [2.45, 2.75) is 0 Å². The van der Waals surface area contributed by atoms with Crippen molar-refractivity contribution in [3.05, 3.63) is 57.3 Å². The van der Waals surface area contributed by atoms with E-state index in [4.69, 9.17) is 21.6 Å². The second kappa shape index (κ2) is 5.38. The van der Waals surface area contributed by atoms with Gasteiger partial charge in [-0.25, -0.2) is 4.39 Å². The minimum Gasteiger partial charge on any atom is -0.453 e. The van der Waals surface area contributed by atoms with Crippen LogP contribution in [-0.2, 0) is 0 Å². The Morgan fingerprint density at radius 1 is 1.22 bits per heavy atom. The van der Waals surface area contributed by atoms with Gasteiger partial charge in [0.05, 0.1) is 10.6 Å². The zero-order valence-electron chi connectivity index (χ0n) is 8.95. The zero-order chi connectivity index (χ0) is 13.1. The summed E-state index contributed by atoms with van der Waals surface area (Å²) in [4.78, 5) is 0. The van der Waals surface area contributed by atoms with Gasteiger partial charge in [-0.05, 0) is 30.3 Å². The highest BCUT2D eigenvalue weighted by Crippen LogP contribution is 2.32. The molecule has 0 amide bonds. The van der Waals surface area contributed by atoms with Crippen LogP contribution in [0.2, 0.25) is 5.02 Å². The summed E-state index contributed by atoms with van der Waals surface area (Å²) in [6, 6.07) is 11.3. The highest BCUT2D eigenvalue weighted by molar-refractivity contribution is 9.10. The highest BCUT2D eigenvalue weighted by Gasteiger charge is 2.11. The molecule has 0 aliphatic rings. The lowest BCUT2D eigenvalue weighted by molar-refractivity contribution is 0.441. The van der Waals surface area contributed by atoms with Gasteiger partial charge in [0.25, 0.3) is 0 Å². The van der Waals surface area contributed by atoms with E-state index in [0.717, 1.165) is 4.47 Å². The van der Waals surface area contributed by atoms with Gasteiger partial charge in [-0.15, -0.1) is 0 Å². The second-order valence-corrected chi connectivity index (χ2v) is 4.73. The van der Waals surface area contributed by atoms with Crippen LogP contribution in [0, 0.1) is 17.1 Å². The van der Waals surface area contributed by atoms with E-state index < -0.39 is 5.82 Å². The van der Waals surface area contributed by atoms with Crippen LogP contribution in [-0.4, -0.2) is 0 Å². The van der Waals surface area contributed by atoms with E-state index in [1.807, 2.05) is 6.07 Å². The topological polar surface area (TPSA) is 33.0 Å². The maximum Gasteiger partial charge on any atom is 0.184 e. The van der Waals surface area contributed by atoms with Crippen LogP contribution >= 0.6 is 27.5 Å². The molecule has 0 atom stereocenters. The Kier molecular flexibility index (Phi) is 3.85. The monoisotopic (exact) mass is 325 g/mol. The van der Waals surface area contributed by atoms with E-state index in [0.29, 0.717) is 5.56 Å². The molecule has 0 unspecified atom stereocenters. The molecule has 0 aliphatic carbocycles. The van der Waals surface area contributed by atoms with E-state index in [-0.39, 0.29) is 16.5 Å². The molecule has 90 valence electrons. The van der Waals surface area contributed by atoms with E-state index in [2.05, 4.69) is 15.9 Å². The van der Waals surface area contributed by atoms with Gasteiger partial charge in [0.1, 0.15) is 11.8 Å². The molecule has 5 heteroatoms. The molecule has 18 heavy (non-hydrogen) atoms. The summed E-state index contributed by atoms with van der Waals surface area (Å²) in [5.41, 5.74) is 0.317. The van der Waals surface area contributed by atoms with Crippen molar-refractivity contribution in [1.29, 1.82) is 5.26 Å². The summed E-state index contributed by atoms with van der Waals surface area (Å²) < 4.78 is 19.8. The summed E-state index contributed by atoms with van der Waals surface area (Å²) in [6.45, 7) is 0. The summed E-state index contributed by atoms with van der Waals surface area (Å²) in [5, 5.41) is 8.92. The van der Waals surface area contributed by atoms with Crippen LogP contribution in [0.25, 0.3) is 0 Å². The van der Waals surface area contributed by atoms with E-state index >= 15 is 0 Å². The Morgan fingerprint density at radius 3 is 2.72 bits per heavy atom. The molecular weight excluding hydrogens is 321 g/mol. The molecule has 0 spiro atoms. The minimum absolute atomic E-state index is 0.0166. The third-order valence-electron chi connectivity index (χ3n) is 2.20. The molecule has 0 aromatic heterocycles. The van der Waals surface area contributed by atoms with Crippen molar-refractivity contribution in [2.75, 3.05) is 0 Å². The van der Waals surface area contributed by atoms with Crippen molar-refractivity contribution >= 4 is 27.5 Å². The first-order valence-corrected chi connectivity index (χ1v) is 6.10. The van der Waals surface area contributed by atoms with E-state index in [9.17, 15) is 4.39 Å². The number of benzene rings is 2. The summed E-state index contributed by atoms with van der Waals surface area (Å²) in [7, 11) is 0. The lowest BCUT2D eigenvalue weighted by Gasteiger charge is -2.09. The first-order valence-electron chi connectivity index (χ1n) is 4.93. The third-order valence-corrected chi connectivity index (χ3v) is 2.99. The SMILES string of the molecule is N#Cc1ccc(Br)cc1Oc1cccc(Cl)c1F. The Hall–Kier alpha value is -1.57. The number of nitrogens with zero attached hydrogens (tertiary/aromatic N) is 1. The Labute approximate surface area is 117 Å². The Bertz CT molecular complexity index is 639. The fourth-order valence-corrected chi connectivity index (χ4v) is 1.86. The molecule has 2 nitrogen and oxygen atoms in total. The fourth-order valence-electron chi connectivity index (χ4n) is 1.35. The van der Waals surface area contributed by atoms with Gasteiger partial charge in [-0.3, -0.25) is 0 Å². The molecule has 0 saturated carbocycles. The van der Waals surface area contributed by atoms with Gasteiger partial charge in [-0.1, -0.05) is 33.6 Å². The molecule has 0 bridgehead atoms. The van der Waals surface area contributed by atoms with Gasteiger partial charge in [-0.2, -0.15) is 5.26 Å². The number of ether oxygens (including phenoxy) is 1. The zero-order valence-corrected chi connectivity index (χ0v) is 11.3. The second-order valence-electron chi connectivity index (χ2n) is 3.41. The van der Waals surface area contributed by atoms with Gasteiger partial charge < -0.3 is 4.74 Å². The van der Waals surface area contributed by atoms with E-state index in [1.54, 1.807) is 24.3 Å². The average Bonchev–Trinajstić information content (AvgIpc) is 2.35. The van der Waals surface area contributed by atoms with Crippen molar-refractivity contribution in [3.8, 4) is 17.6 Å². The van der Waals surface area contributed by atoms with Gasteiger partial charge in [0.15, 0.2) is 11.6 Å². The molecule has 0 aliphatic heterocycles. The number of nitriles is 1. The van der Waals surface area contributed by atoms with Crippen LogP contribution in [0.3, 0.4) is 0 Å². The molecule has 2 aromatic carbocycles. The normalized spacial score (nSPS) is 9.89. The van der Waals surface area contributed by atoms with Crippen molar-refractivity contribution in [2.24, 2.45) is 0 Å². The predicted molar refractivity (Wildman–Crippen MR) is 70.3 cm³/mol. The van der Waals surface area contributed by atoms with Crippen molar-refractivity contribution in [3.63, 3.8) is 0 Å². The minimum atomic E-state index is -0.650. The third kappa shape index (κ3) is 2.63. The molecular formula is C13H6BrClFNO. The quantitative estimate of drug-likeness (QED) is 0.786.